The molecule has 0 saturated carbocycles. The number of piperazine rings is 1. The lowest BCUT2D eigenvalue weighted by atomic mass is 10.0. The van der Waals surface area contributed by atoms with Crippen molar-refractivity contribution < 1.29 is 38.0 Å². The van der Waals surface area contributed by atoms with Crippen LogP contribution in [0.4, 0.5) is 15.8 Å². The Kier molecular flexibility index (Phi) is 13.4. The van der Waals surface area contributed by atoms with Gasteiger partial charge in [-0.25, -0.2) is 4.39 Å². The number of aromatic amines is 1. The van der Waals surface area contributed by atoms with Gasteiger partial charge in [-0.1, -0.05) is 18.9 Å². The Morgan fingerprint density at radius 3 is 2.34 bits per heavy atom. The number of halogens is 1. The van der Waals surface area contributed by atoms with Crippen LogP contribution < -0.4 is 26.6 Å². The van der Waals surface area contributed by atoms with Crippen molar-refractivity contribution in [2.24, 2.45) is 0 Å². The molecular formula is C44H52FN9O7. The summed E-state index contributed by atoms with van der Waals surface area (Å²) in [6.45, 7) is 9.69. The molecule has 6 N–H and O–H groups in total. The third-order valence-electron chi connectivity index (χ3n) is 11.7. The van der Waals surface area contributed by atoms with Crippen molar-refractivity contribution in [3.8, 4) is 0 Å². The highest BCUT2D eigenvalue weighted by Crippen LogP contribution is 2.35. The number of unbranched alkanes of at least 4 members (excludes halogenated alkanes) is 3. The minimum absolute atomic E-state index is 0.00115. The summed E-state index contributed by atoms with van der Waals surface area (Å²) in [5, 5.41) is 14.3. The standard InChI is InChI=1S/C44H52FN9O7/c1-26-34(24-31-30-23-28(45)11-12-32(30)50-40(31)57)49-27(2)38(26)42(59)48-17-8-18-52-19-21-53(22-20-52)25-37(56)47-16-6-4-3-5-15-46-33-10-7-9-29-39(33)44(61)54(43(29)60)35-13-14-36(55)51-41(35)58/h7,9-12,23-24,35,46,49H,3-6,8,13-22,25H2,1-2H3,(H,47,56)(H,48,59)(H,50,57)(H,51,55,58). The molecule has 7 rings (SSSR count). The van der Waals surface area contributed by atoms with Gasteiger partial charge < -0.3 is 31.2 Å². The molecule has 3 aromatic rings. The van der Waals surface area contributed by atoms with Crippen molar-refractivity contribution >= 4 is 64.4 Å². The summed E-state index contributed by atoms with van der Waals surface area (Å²) in [4.78, 5) is 97.4. The van der Waals surface area contributed by atoms with Crippen LogP contribution >= 0.6 is 0 Å². The number of aromatic nitrogens is 1. The summed E-state index contributed by atoms with van der Waals surface area (Å²) in [5.41, 5.74) is 4.94. The minimum Gasteiger partial charge on any atom is -0.384 e. The summed E-state index contributed by atoms with van der Waals surface area (Å²) >= 11 is 0. The molecule has 17 heteroatoms. The summed E-state index contributed by atoms with van der Waals surface area (Å²) in [5.74, 6) is -3.08. The molecule has 0 spiro atoms. The van der Waals surface area contributed by atoms with Gasteiger partial charge in [0.2, 0.25) is 17.7 Å². The highest BCUT2D eigenvalue weighted by atomic mass is 19.1. The van der Waals surface area contributed by atoms with Crippen LogP contribution in [0.25, 0.3) is 11.6 Å². The van der Waals surface area contributed by atoms with Crippen LogP contribution in [0.5, 0.6) is 0 Å². The van der Waals surface area contributed by atoms with Gasteiger partial charge in [-0.15, -0.1) is 0 Å². The van der Waals surface area contributed by atoms with E-state index in [4.69, 9.17) is 0 Å². The monoisotopic (exact) mass is 837 g/mol. The van der Waals surface area contributed by atoms with Crippen LogP contribution in [0.15, 0.2) is 36.4 Å². The highest BCUT2D eigenvalue weighted by Gasteiger charge is 2.45. The van der Waals surface area contributed by atoms with Crippen molar-refractivity contribution in [2.75, 3.05) is 69.5 Å². The zero-order valence-electron chi connectivity index (χ0n) is 34.5. The number of imide groups is 2. The molecule has 4 aliphatic rings. The number of hydrogen-bond donors (Lipinski definition) is 6. The third kappa shape index (κ3) is 9.73. The Labute approximate surface area is 353 Å². The Hall–Kier alpha value is -6.20. The highest BCUT2D eigenvalue weighted by molar-refractivity contribution is 6.35. The Morgan fingerprint density at radius 1 is 0.836 bits per heavy atom. The quantitative estimate of drug-likeness (QED) is 0.0666. The van der Waals surface area contributed by atoms with Crippen LogP contribution in [0.3, 0.4) is 0 Å². The van der Waals surface area contributed by atoms with Crippen molar-refractivity contribution in [1.82, 2.24) is 35.6 Å². The second-order valence-corrected chi connectivity index (χ2v) is 16.0. The average molecular weight is 838 g/mol. The lowest BCUT2D eigenvalue weighted by Gasteiger charge is -2.34. The largest absolute Gasteiger partial charge is 0.384 e. The van der Waals surface area contributed by atoms with E-state index in [2.05, 4.69) is 41.4 Å². The van der Waals surface area contributed by atoms with Gasteiger partial charge in [0.1, 0.15) is 11.9 Å². The van der Waals surface area contributed by atoms with E-state index in [0.717, 1.165) is 69.7 Å². The lowest BCUT2D eigenvalue weighted by Crippen LogP contribution is -2.54. The molecule has 61 heavy (non-hydrogen) atoms. The first-order valence-corrected chi connectivity index (χ1v) is 21.0. The number of H-pyrrole nitrogens is 1. The number of rotatable bonds is 17. The number of amides is 7. The van der Waals surface area contributed by atoms with Gasteiger partial charge in [0.15, 0.2) is 0 Å². The van der Waals surface area contributed by atoms with E-state index >= 15 is 0 Å². The fraction of sp³-hybridized carbons (Fsp3) is 0.432. The smallest absolute Gasteiger partial charge is 0.264 e. The number of nitrogens with zero attached hydrogens (tertiary/aromatic N) is 3. The molecule has 0 radical (unpaired) electrons. The number of hydrogen-bond acceptors (Lipinski definition) is 10. The molecular weight excluding hydrogens is 786 g/mol. The Morgan fingerprint density at radius 2 is 1.57 bits per heavy atom. The zero-order valence-corrected chi connectivity index (χ0v) is 34.5. The minimum atomic E-state index is -1.01. The fourth-order valence-corrected chi connectivity index (χ4v) is 8.45. The summed E-state index contributed by atoms with van der Waals surface area (Å²) in [6, 6.07) is 8.16. The molecule has 2 aromatic carbocycles. The number of aryl methyl sites for hydroxylation is 1. The number of carbonyl (C=O) groups is 7. The zero-order chi connectivity index (χ0) is 43.2. The first-order chi connectivity index (χ1) is 29.4. The first kappa shape index (κ1) is 42.9. The normalized spacial score (nSPS) is 18.6. The Balaban J connectivity index is 0.739. The maximum Gasteiger partial charge on any atom is 0.264 e. The molecule has 2 saturated heterocycles. The lowest BCUT2D eigenvalue weighted by molar-refractivity contribution is -0.136. The van der Waals surface area contributed by atoms with Gasteiger partial charge in [-0.05, 0) is 88.0 Å². The Bertz CT molecular complexity index is 2280. The molecule has 1 unspecified atom stereocenters. The number of piperidine rings is 1. The van der Waals surface area contributed by atoms with Crippen LogP contribution in [0, 0.1) is 19.7 Å². The van der Waals surface area contributed by atoms with E-state index in [9.17, 15) is 38.0 Å². The van der Waals surface area contributed by atoms with E-state index < -0.39 is 35.5 Å². The van der Waals surface area contributed by atoms with Gasteiger partial charge in [0, 0.05) is 80.6 Å². The number of fused-ring (bicyclic) bond motifs is 2. The summed E-state index contributed by atoms with van der Waals surface area (Å²) in [7, 11) is 0. The molecule has 322 valence electrons. The fourth-order valence-electron chi connectivity index (χ4n) is 8.45. The number of carbonyl (C=O) groups excluding carboxylic acids is 7. The van der Waals surface area contributed by atoms with Crippen LogP contribution in [0.1, 0.15) is 98.5 Å². The molecule has 0 aliphatic carbocycles. The van der Waals surface area contributed by atoms with Crippen LogP contribution in [-0.2, 0) is 19.2 Å². The number of benzene rings is 2. The molecule has 1 atom stereocenters. The molecule has 2 fully saturated rings. The molecule has 16 nitrogen and oxygen atoms in total. The van der Waals surface area contributed by atoms with E-state index in [0.29, 0.717) is 71.2 Å². The first-order valence-electron chi connectivity index (χ1n) is 21.0. The van der Waals surface area contributed by atoms with E-state index in [-0.39, 0.29) is 41.7 Å². The molecule has 7 amide bonds. The van der Waals surface area contributed by atoms with Crippen molar-refractivity contribution in [1.29, 1.82) is 0 Å². The van der Waals surface area contributed by atoms with Crippen molar-refractivity contribution in [2.45, 2.75) is 64.8 Å². The summed E-state index contributed by atoms with van der Waals surface area (Å²) in [6.07, 6.45) is 6.08. The van der Waals surface area contributed by atoms with Crippen molar-refractivity contribution in [3.63, 3.8) is 0 Å². The van der Waals surface area contributed by atoms with Gasteiger partial charge in [-0.2, -0.15) is 0 Å². The van der Waals surface area contributed by atoms with Crippen LogP contribution in [-0.4, -0.2) is 126 Å². The van der Waals surface area contributed by atoms with E-state index in [1.165, 1.54) is 18.2 Å². The maximum atomic E-state index is 13.9. The molecule has 5 heterocycles. The van der Waals surface area contributed by atoms with Crippen molar-refractivity contribution in [3.05, 3.63) is 81.4 Å². The third-order valence-corrected chi connectivity index (χ3v) is 11.7. The van der Waals surface area contributed by atoms with Gasteiger partial charge in [0.05, 0.1) is 28.8 Å². The van der Waals surface area contributed by atoms with Gasteiger partial charge in [0.25, 0.3) is 23.6 Å². The molecule has 0 bridgehead atoms. The van der Waals surface area contributed by atoms with E-state index in [1.807, 2.05) is 13.8 Å². The second kappa shape index (κ2) is 19.0. The van der Waals surface area contributed by atoms with E-state index in [1.54, 1.807) is 24.3 Å². The van der Waals surface area contributed by atoms with Gasteiger partial charge >= 0.3 is 0 Å². The van der Waals surface area contributed by atoms with Gasteiger partial charge in [-0.3, -0.25) is 48.7 Å². The predicted octanol–water partition coefficient (Wildman–Crippen LogP) is 3.19. The summed E-state index contributed by atoms with van der Waals surface area (Å²) < 4.78 is 13.9. The van der Waals surface area contributed by atoms with Crippen LogP contribution in [0.2, 0.25) is 0 Å². The average Bonchev–Trinajstić information content (AvgIpc) is 3.80. The maximum absolute atomic E-state index is 13.9. The second-order valence-electron chi connectivity index (χ2n) is 16.0. The topological polar surface area (TPSA) is 205 Å². The number of nitrogens with one attached hydrogen (secondary N) is 6. The molecule has 4 aliphatic heterocycles. The number of anilines is 2. The molecule has 1 aromatic heterocycles. The SMILES string of the molecule is Cc1[nH]c(C=C2C(=O)Nc3ccc(F)cc32)c(C)c1C(=O)NCCCN1CCN(CC(=O)NCCCCCCNc2cccc3c2C(=O)N(C2CCC(=O)NC2=O)C3=O)CC1. The predicted molar refractivity (Wildman–Crippen MR) is 226 cm³/mol.